The quantitative estimate of drug-likeness (QED) is 0.134. The normalized spacial score (nSPS) is 14.8. The highest BCUT2D eigenvalue weighted by molar-refractivity contribution is 7.00. The van der Waals surface area contributed by atoms with E-state index in [1.54, 1.807) is 0 Å². The predicted molar refractivity (Wildman–Crippen MR) is 395 cm³/mol. The first-order chi connectivity index (χ1) is 45.6. The molecule has 3 aliphatic rings. The first-order valence-electron chi connectivity index (χ1n) is 33.1. The molecular formula is C88H69BN4. The van der Waals surface area contributed by atoms with Crippen LogP contribution in [-0.2, 0) is 0 Å². The zero-order chi connectivity index (χ0) is 62.1. The average molecular weight is 1190 g/mol. The molecule has 5 heteroatoms. The van der Waals surface area contributed by atoms with Crippen LogP contribution in [0, 0.1) is 10.8 Å². The summed E-state index contributed by atoms with van der Waals surface area (Å²) < 4.78 is 5.02. The highest BCUT2D eigenvalue weighted by Gasteiger charge is 2.47. The fourth-order valence-corrected chi connectivity index (χ4v) is 17.4. The minimum atomic E-state index is -0.187. The van der Waals surface area contributed by atoms with Crippen molar-refractivity contribution in [2.45, 2.75) is 52.9 Å². The van der Waals surface area contributed by atoms with Crippen molar-refractivity contribution in [3.8, 4) is 55.9 Å². The molecule has 1 saturated carbocycles. The third-order valence-corrected chi connectivity index (χ3v) is 20.6. The van der Waals surface area contributed by atoms with Gasteiger partial charge >= 0.3 is 0 Å². The van der Waals surface area contributed by atoms with Crippen LogP contribution in [0.5, 0.6) is 0 Å². The van der Waals surface area contributed by atoms with E-state index < -0.39 is 0 Å². The largest absolute Gasteiger partial charge is 0.310 e. The van der Waals surface area contributed by atoms with Gasteiger partial charge in [-0.25, -0.2) is 0 Å². The second-order valence-electron chi connectivity index (χ2n) is 27.8. The molecule has 0 N–H and O–H groups in total. The molecular weight excluding hydrogens is 1120 g/mol. The van der Waals surface area contributed by atoms with Crippen LogP contribution in [0.3, 0.4) is 0 Å². The van der Waals surface area contributed by atoms with Crippen molar-refractivity contribution in [3.05, 3.63) is 309 Å². The molecule has 0 atom stereocenters. The summed E-state index contributed by atoms with van der Waals surface area (Å²) >= 11 is 0. The van der Waals surface area contributed by atoms with Crippen LogP contribution in [0.2, 0.25) is 0 Å². The van der Waals surface area contributed by atoms with Gasteiger partial charge in [-0.05, 0) is 141 Å². The SMILES string of the molecule is CC1(C)CC(c2cc3c4c(c2)N(c2c(-c5ccccc5)cccc2-c2ccccc2)c2cc(-n5c6ccccc6c6ccccc65)ccc2B4c2ccc(-n4c5ccccc5c5ccccc54)cc2N3c2c(-c3ccccc3)cccc2-c2ccccc2)CC(C)(C)C1. The maximum atomic E-state index is 2.74. The first kappa shape index (κ1) is 55.0. The number of para-hydroxylation sites is 6. The predicted octanol–water partition coefficient (Wildman–Crippen LogP) is 22.0. The topological polar surface area (TPSA) is 16.3 Å². The second-order valence-corrected chi connectivity index (χ2v) is 27.8. The van der Waals surface area contributed by atoms with Gasteiger partial charge in [0.25, 0.3) is 6.71 Å². The number of rotatable bonds is 9. The average Bonchev–Trinajstić information content (AvgIpc) is 0.940. The number of nitrogens with zero attached hydrogens (tertiary/aromatic N) is 4. The van der Waals surface area contributed by atoms with Gasteiger partial charge < -0.3 is 18.9 Å². The van der Waals surface area contributed by atoms with Crippen LogP contribution in [-0.4, -0.2) is 15.8 Å². The van der Waals surface area contributed by atoms with Crippen LogP contribution >= 0.6 is 0 Å². The Balaban J connectivity index is 1.02. The third-order valence-electron chi connectivity index (χ3n) is 20.6. The van der Waals surface area contributed by atoms with Gasteiger partial charge in [0.15, 0.2) is 0 Å². The van der Waals surface area contributed by atoms with Crippen molar-refractivity contribution in [1.82, 2.24) is 9.13 Å². The second kappa shape index (κ2) is 21.4. The van der Waals surface area contributed by atoms with E-state index in [4.69, 9.17) is 0 Å². The molecule has 4 heterocycles. The van der Waals surface area contributed by atoms with E-state index in [0.29, 0.717) is 0 Å². The Morgan fingerprint density at radius 2 is 0.624 bits per heavy atom. The van der Waals surface area contributed by atoms with Crippen LogP contribution in [0.25, 0.3) is 99.5 Å². The summed E-state index contributed by atoms with van der Waals surface area (Å²) in [6, 6.07) is 115. The highest BCUT2D eigenvalue weighted by atomic mass is 15.2. The summed E-state index contributed by atoms with van der Waals surface area (Å²) in [5.74, 6) is 0.263. The summed E-state index contributed by atoms with van der Waals surface area (Å²) in [6.45, 7) is 9.87. The van der Waals surface area contributed by atoms with E-state index >= 15 is 0 Å². The number of anilines is 6. The summed E-state index contributed by atoms with van der Waals surface area (Å²) in [7, 11) is 0. The van der Waals surface area contributed by atoms with Gasteiger partial charge in [0.05, 0.1) is 33.4 Å². The molecule has 0 radical (unpaired) electrons. The van der Waals surface area contributed by atoms with Crippen molar-refractivity contribution in [1.29, 1.82) is 0 Å². The molecule has 0 amide bonds. The van der Waals surface area contributed by atoms with Crippen LogP contribution in [0.1, 0.15) is 58.4 Å². The Hall–Kier alpha value is -10.9. The van der Waals surface area contributed by atoms with Gasteiger partial charge in [0, 0.05) is 77.9 Å². The zero-order valence-corrected chi connectivity index (χ0v) is 52.9. The molecule has 93 heavy (non-hydrogen) atoms. The molecule has 4 nitrogen and oxygen atoms in total. The molecule has 15 aromatic rings. The van der Waals surface area contributed by atoms with Crippen LogP contribution < -0.4 is 26.2 Å². The smallest absolute Gasteiger partial charge is 0.252 e. The van der Waals surface area contributed by atoms with E-state index in [2.05, 4.69) is 350 Å². The summed E-state index contributed by atoms with van der Waals surface area (Å²) in [5, 5.41) is 4.97. The lowest BCUT2D eigenvalue weighted by Crippen LogP contribution is -2.61. The molecule has 13 aromatic carbocycles. The third kappa shape index (κ3) is 8.88. The van der Waals surface area contributed by atoms with E-state index in [9.17, 15) is 0 Å². The van der Waals surface area contributed by atoms with Gasteiger partial charge in [-0.1, -0.05) is 270 Å². The monoisotopic (exact) mass is 1190 g/mol. The van der Waals surface area contributed by atoms with Crippen molar-refractivity contribution >= 4 is 101 Å². The Labute approximate surface area is 545 Å². The van der Waals surface area contributed by atoms with Gasteiger partial charge in [-0.3, -0.25) is 0 Å². The Morgan fingerprint density at radius 1 is 0.312 bits per heavy atom. The summed E-state index contributed by atoms with van der Waals surface area (Å²) in [5.41, 5.74) is 28.8. The molecule has 0 spiro atoms. The molecule has 0 unspecified atom stereocenters. The maximum Gasteiger partial charge on any atom is 0.252 e. The summed E-state index contributed by atoms with van der Waals surface area (Å²) in [4.78, 5) is 5.48. The fraction of sp³-hybridized carbons (Fsp3) is 0.114. The Kier molecular flexibility index (Phi) is 12.6. The molecule has 2 aromatic heterocycles. The standard InChI is InChI=1S/C88H69BN4/c1-87(2)55-63(56-88(3,4)57-87)62-51-82-84-83(52-62)93(86-68(60-31-13-7-14-32-60)41-26-42-69(86)61-33-15-8-16-34-61)81-54-65(91-78-45-23-19-37-72(78)73-38-20-24-46-79(73)91)48-50-75(81)89(84)74-49-47-64(90-76-43-21-17-35-70(76)71-36-18-22-44-77(71)90)53-80(74)92(82)85-66(58-27-9-5-10-28-58)39-25-40-67(85)59-29-11-6-12-30-59/h5-54,63H,55-57H2,1-4H3. The van der Waals surface area contributed by atoms with Gasteiger partial charge in [-0.2, -0.15) is 0 Å². The van der Waals surface area contributed by atoms with E-state index in [0.717, 1.165) is 35.6 Å². The lowest BCUT2D eigenvalue weighted by Gasteiger charge is -2.48. The van der Waals surface area contributed by atoms with Crippen molar-refractivity contribution in [2.24, 2.45) is 10.8 Å². The molecule has 0 bridgehead atoms. The number of benzene rings is 13. The fourth-order valence-electron chi connectivity index (χ4n) is 17.4. The molecule has 1 fully saturated rings. The maximum absolute atomic E-state index is 2.74. The lowest BCUT2D eigenvalue weighted by atomic mass is 9.33. The number of hydrogen-bond acceptors (Lipinski definition) is 2. The minimum absolute atomic E-state index is 0.107. The highest BCUT2D eigenvalue weighted by Crippen LogP contribution is 2.57. The molecule has 1 aliphatic carbocycles. The lowest BCUT2D eigenvalue weighted by molar-refractivity contribution is 0.0969. The molecule has 0 saturated heterocycles. The number of hydrogen-bond donors (Lipinski definition) is 0. The Bertz CT molecular complexity index is 4890. The van der Waals surface area contributed by atoms with Crippen molar-refractivity contribution in [3.63, 3.8) is 0 Å². The molecule has 18 rings (SSSR count). The number of aromatic nitrogens is 2. The van der Waals surface area contributed by atoms with E-state index in [1.165, 1.54) is 139 Å². The van der Waals surface area contributed by atoms with Crippen LogP contribution in [0.4, 0.5) is 34.1 Å². The van der Waals surface area contributed by atoms with E-state index in [1.807, 2.05) is 0 Å². The van der Waals surface area contributed by atoms with Gasteiger partial charge in [-0.15, -0.1) is 0 Å². The molecule has 444 valence electrons. The van der Waals surface area contributed by atoms with Crippen LogP contribution in [0.15, 0.2) is 303 Å². The van der Waals surface area contributed by atoms with Crippen molar-refractivity contribution in [2.75, 3.05) is 9.80 Å². The summed E-state index contributed by atoms with van der Waals surface area (Å²) in [6.07, 6.45) is 3.32. The molecule has 2 aliphatic heterocycles. The first-order valence-corrected chi connectivity index (χ1v) is 33.1. The van der Waals surface area contributed by atoms with Gasteiger partial charge in [0.1, 0.15) is 0 Å². The number of fused-ring (bicyclic) bond motifs is 10. The Morgan fingerprint density at radius 3 is 0.957 bits per heavy atom. The van der Waals surface area contributed by atoms with Crippen molar-refractivity contribution < 1.29 is 0 Å². The van der Waals surface area contributed by atoms with Gasteiger partial charge in [0.2, 0.25) is 0 Å². The minimum Gasteiger partial charge on any atom is -0.310 e. The van der Waals surface area contributed by atoms with E-state index in [-0.39, 0.29) is 23.5 Å². The zero-order valence-electron chi connectivity index (χ0n) is 52.9.